The number of benzene rings is 2. The van der Waals surface area contributed by atoms with Gasteiger partial charge in [0.15, 0.2) is 28.9 Å². The number of ether oxygens (including phenoxy) is 2. The first kappa shape index (κ1) is 22.6. The van der Waals surface area contributed by atoms with Crippen molar-refractivity contribution in [2.75, 3.05) is 25.8 Å². The molecule has 2 heterocycles. The molecule has 3 aromatic rings. The van der Waals surface area contributed by atoms with Crippen LogP contribution in [0.3, 0.4) is 0 Å². The molecule has 0 saturated heterocycles. The maximum absolute atomic E-state index is 13.7. The molecule has 0 bridgehead atoms. The summed E-state index contributed by atoms with van der Waals surface area (Å²) < 4.78 is 12.6. The molecule has 0 unspecified atom stereocenters. The Morgan fingerprint density at radius 2 is 1.76 bits per heavy atom. The molecule has 4 rings (SSSR count). The minimum Gasteiger partial charge on any atom is -0.867 e. The van der Waals surface area contributed by atoms with Gasteiger partial charge in [-0.25, -0.2) is 0 Å². The van der Waals surface area contributed by atoms with E-state index in [9.17, 15) is 5.11 Å². The lowest BCUT2D eigenvalue weighted by atomic mass is 10.0. The highest BCUT2D eigenvalue weighted by Crippen LogP contribution is 2.32. The molecule has 1 N–H and O–H groups in total. The largest absolute Gasteiger partial charge is 0.867 e. The minimum atomic E-state index is -0.127. The second-order valence-corrected chi connectivity index (χ2v) is 8.63. The average molecular weight is 462 g/mol. The lowest BCUT2D eigenvalue weighted by Gasteiger charge is -2.19. The van der Waals surface area contributed by atoms with Gasteiger partial charge in [0.1, 0.15) is 0 Å². The number of pyridine rings is 1. The highest BCUT2D eigenvalue weighted by atomic mass is 32.1. The average Bonchev–Trinajstić information content (AvgIpc) is 3.26. The third-order valence-corrected chi connectivity index (χ3v) is 5.87. The van der Waals surface area contributed by atoms with Crippen LogP contribution < -0.4 is 29.4 Å². The molecule has 1 aromatic heterocycles. The second-order valence-electron chi connectivity index (χ2n) is 8.22. The van der Waals surface area contributed by atoms with Crippen molar-refractivity contribution >= 4 is 34.3 Å². The maximum atomic E-state index is 13.7. The van der Waals surface area contributed by atoms with Crippen LogP contribution in [0.1, 0.15) is 22.3 Å². The van der Waals surface area contributed by atoms with Crippen LogP contribution in [-0.4, -0.2) is 25.9 Å². The van der Waals surface area contributed by atoms with Crippen molar-refractivity contribution in [3.8, 4) is 11.5 Å². The standard InChI is InChI=1S/C26H27N3O3S/c1-17-5-7-21(18(2)13-17)25(30)24(29-11-9-20(10-12-29)28(3)4)26(33)27-15-19-6-8-22-23(14-19)32-16-31-22/h5-14H,15-16H2,1-4H3,(H-,27,30,33). The van der Waals surface area contributed by atoms with Crippen molar-refractivity contribution < 1.29 is 19.1 Å². The summed E-state index contributed by atoms with van der Waals surface area (Å²) in [6.07, 6.45) is 3.72. The van der Waals surface area contributed by atoms with Crippen molar-refractivity contribution in [3.05, 3.63) is 83.2 Å². The zero-order chi connectivity index (χ0) is 23.5. The van der Waals surface area contributed by atoms with Crippen molar-refractivity contribution in [3.63, 3.8) is 0 Å². The molecular weight excluding hydrogens is 434 g/mol. The summed E-state index contributed by atoms with van der Waals surface area (Å²) in [5.41, 5.74) is 5.07. The van der Waals surface area contributed by atoms with Crippen LogP contribution in [-0.2, 0) is 6.54 Å². The van der Waals surface area contributed by atoms with Gasteiger partial charge in [-0.05, 0) is 48.4 Å². The van der Waals surface area contributed by atoms with Gasteiger partial charge in [0.25, 0.3) is 0 Å². The van der Waals surface area contributed by atoms with Gasteiger partial charge in [0.2, 0.25) is 12.5 Å². The summed E-state index contributed by atoms with van der Waals surface area (Å²) >= 11 is 5.73. The van der Waals surface area contributed by atoms with Gasteiger partial charge in [0, 0.05) is 38.5 Å². The molecule has 170 valence electrons. The van der Waals surface area contributed by atoms with E-state index in [0.717, 1.165) is 28.1 Å². The van der Waals surface area contributed by atoms with E-state index in [1.165, 1.54) is 0 Å². The monoisotopic (exact) mass is 461 g/mol. The van der Waals surface area contributed by atoms with Gasteiger partial charge in [0.05, 0.1) is 0 Å². The van der Waals surface area contributed by atoms with Crippen LogP contribution in [0.5, 0.6) is 11.5 Å². The number of thiocarbonyl (C=S) groups is 1. The van der Waals surface area contributed by atoms with E-state index in [0.29, 0.717) is 28.5 Å². The highest BCUT2D eigenvalue weighted by Gasteiger charge is 2.20. The first-order valence-corrected chi connectivity index (χ1v) is 11.1. The van der Waals surface area contributed by atoms with Crippen LogP contribution >= 0.6 is 12.2 Å². The van der Waals surface area contributed by atoms with Crippen molar-refractivity contribution in [2.45, 2.75) is 20.4 Å². The summed E-state index contributed by atoms with van der Waals surface area (Å²) in [7, 11) is 3.95. The van der Waals surface area contributed by atoms with E-state index in [-0.39, 0.29) is 12.6 Å². The first-order valence-electron chi connectivity index (χ1n) is 10.7. The number of anilines is 1. The number of rotatable bonds is 6. The molecule has 0 fully saturated rings. The van der Waals surface area contributed by atoms with Gasteiger partial charge in [-0.1, -0.05) is 42.0 Å². The summed E-state index contributed by atoms with van der Waals surface area (Å²) in [5, 5.41) is 16.9. The van der Waals surface area contributed by atoms with Gasteiger partial charge < -0.3 is 24.8 Å². The molecule has 1 aliphatic heterocycles. The van der Waals surface area contributed by atoms with Crippen LogP contribution in [0, 0.1) is 13.8 Å². The number of nitrogens with zero attached hydrogens (tertiary/aromatic N) is 2. The normalized spacial score (nSPS) is 12.8. The Bertz CT molecular complexity index is 1220. The molecule has 0 spiro atoms. The van der Waals surface area contributed by atoms with Crippen LogP contribution in [0.2, 0.25) is 0 Å². The number of hydrogen-bond acceptors (Lipinski definition) is 5. The third-order valence-electron chi connectivity index (χ3n) is 5.53. The molecule has 0 atom stereocenters. The van der Waals surface area contributed by atoms with Crippen LogP contribution in [0.15, 0.2) is 60.9 Å². The molecule has 0 radical (unpaired) electrons. The number of aryl methyl sites for hydroxylation is 2. The third kappa shape index (κ3) is 4.93. The van der Waals surface area contributed by atoms with Crippen LogP contribution in [0.4, 0.5) is 5.69 Å². The Balaban J connectivity index is 1.67. The summed E-state index contributed by atoms with van der Waals surface area (Å²) in [5.74, 6) is 1.32. The Morgan fingerprint density at radius 1 is 1.03 bits per heavy atom. The zero-order valence-electron chi connectivity index (χ0n) is 19.2. The lowest BCUT2D eigenvalue weighted by molar-refractivity contribution is -0.577. The van der Waals surface area contributed by atoms with E-state index in [2.05, 4.69) is 5.32 Å². The number of fused-ring (bicyclic) bond motifs is 1. The van der Waals surface area contributed by atoms with Crippen molar-refractivity contribution in [1.82, 2.24) is 5.32 Å². The molecule has 33 heavy (non-hydrogen) atoms. The highest BCUT2D eigenvalue weighted by molar-refractivity contribution is 7.81. The molecular formula is C26H27N3O3S. The molecule has 7 heteroatoms. The molecule has 2 aromatic carbocycles. The number of nitrogens with one attached hydrogen (secondary N) is 1. The summed E-state index contributed by atoms with van der Waals surface area (Å²) in [6, 6.07) is 15.5. The fourth-order valence-corrected chi connectivity index (χ4v) is 3.99. The molecule has 6 nitrogen and oxygen atoms in total. The van der Waals surface area contributed by atoms with E-state index in [4.69, 9.17) is 21.7 Å². The molecule has 0 aliphatic carbocycles. The van der Waals surface area contributed by atoms with E-state index in [1.54, 1.807) is 4.57 Å². The van der Waals surface area contributed by atoms with Gasteiger partial charge in [-0.15, -0.1) is 0 Å². The predicted octanol–water partition coefficient (Wildman–Crippen LogP) is 3.19. The Morgan fingerprint density at radius 3 is 2.45 bits per heavy atom. The van der Waals surface area contributed by atoms with E-state index in [1.807, 2.05) is 93.8 Å². The predicted molar refractivity (Wildman–Crippen MR) is 132 cm³/mol. The van der Waals surface area contributed by atoms with Crippen LogP contribution in [0.25, 0.3) is 11.5 Å². The second kappa shape index (κ2) is 9.50. The lowest BCUT2D eigenvalue weighted by Crippen LogP contribution is -2.42. The fraction of sp³-hybridized carbons (Fsp3) is 0.231. The Labute approximate surface area is 199 Å². The van der Waals surface area contributed by atoms with Gasteiger partial charge in [-0.3, -0.25) is 0 Å². The Hall–Kier alpha value is -3.58. The molecule has 0 amide bonds. The SMILES string of the molecule is Cc1ccc(/C([O-])=C(/C(=S)NCc2ccc3c(c2)OCO3)[n+]2ccc(N(C)C)cc2)c(C)c1. The number of hydrogen-bond donors (Lipinski definition) is 1. The molecule has 1 aliphatic rings. The van der Waals surface area contributed by atoms with Gasteiger partial charge in [-0.2, -0.15) is 4.57 Å². The zero-order valence-corrected chi connectivity index (χ0v) is 20.0. The fourth-order valence-electron chi connectivity index (χ4n) is 3.72. The van der Waals surface area contributed by atoms with Gasteiger partial charge >= 0.3 is 0 Å². The maximum Gasteiger partial charge on any atom is 0.237 e. The smallest absolute Gasteiger partial charge is 0.237 e. The summed E-state index contributed by atoms with van der Waals surface area (Å²) in [4.78, 5) is 2.38. The first-order chi connectivity index (χ1) is 15.8. The number of aromatic nitrogens is 1. The summed E-state index contributed by atoms with van der Waals surface area (Å²) in [6.45, 7) is 4.64. The van der Waals surface area contributed by atoms with Crippen molar-refractivity contribution in [1.29, 1.82) is 0 Å². The van der Waals surface area contributed by atoms with Crippen molar-refractivity contribution in [2.24, 2.45) is 0 Å². The topological polar surface area (TPSA) is 60.7 Å². The quantitative estimate of drug-likeness (QED) is 0.263. The van der Waals surface area contributed by atoms with E-state index >= 15 is 0 Å². The Kier molecular flexibility index (Phi) is 6.51. The minimum absolute atomic E-state index is 0.127. The molecule has 0 saturated carbocycles. The van der Waals surface area contributed by atoms with E-state index < -0.39 is 0 Å².